The Morgan fingerprint density at radius 1 is 1.10 bits per heavy atom. The first kappa shape index (κ1) is 15.2. The summed E-state index contributed by atoms with van der Waals surface area (Å²) in [6.07, 6.45) is 0.959. The molecule has 2 unspecified atom stereocenters. The predicted molar refractivity (Wildman–Crippen MR) is 85.1 cm³/mol. The second kappa shape index (κ2) is 7.00. The molecule has 2 rings (SSSR count). The molecular formula is C17H19BrFN. The highest BCUT2D eigenvalue weighted by Crippen LogP contribution is 2.24. The van der Waals surface area contributed by atoms with Crippen molar-refractivity contribution in [3.8, 4) is 0 Å². The Balaban J connectivity index is 2.14. The molecule has 2 aromatic rings. The van der Waals surface area contributed by atoms with Crippen LogP contribution in [-0.4, -0.2) is 0 Å². The summed E-state index contributed by atoms with van der Waals surface area (Å²) in [6, 6.07) is 15.4. The summed E-state index contributed by atoms with van der Waals surface area (Å²) < 4.78 is 14.9. The molecule has 1 nitrogen and oxygen atoms in total. The summed E-state index contributed by atoms with van der Waals surface area (Å²) >= 11 is 3.44. The van der Waals surface area contributed by atoms with Crippen molar-refractivity contribution in [3.05, 3.63) is 69.9 Å². The van der Waals surface area contributed by atoms with Gasteiger partial charge in [0.2, 0.25) is 0 Å². The average Bonchev–Trinajstić information content (AvgIpc) is 2.46. The zero-order chi connectivity index (χ0) is 14.5. The maximum atomic E-state index is 13.8. The molecule has 0 fully saturated rings. The van der Waals surface area contributed by atoms with Gasteiger partial charge in [-0.1, -0.05) is 53.2 Å². The topological polar surface area (TPSA) is 12.0 Å². The van der Waals surface area contributed by atoms with Gasteiger partial charge in [0.25, 0.3) is 0 Å². The van der Waals surface area contributed by atoms with Gasteiger partial charge in [-0.05, 0) is 37.1 Å². The number of nitrogens with one attached hydrogen (secondary N) is 1. The average molecular weight is 336 g/mol. The van der Waals surface area contributed by atoms with E-state index in [4.69, 9.17) is 0 Å². The smallest absolute Gasteiger partial charge is 0.127 e. The van der Waals surface area contributed by atoms with E-state index in [1.54, 1.807) is 6.07 Å². The molecule has 2 atom stereocenters. The minimum absolute atomic E-state index is 0.0233. The summed E-state index contributed by atoms with van der Waals surface area (Å²) in [7, 11) is 0. The van der Waals surface area contributed by atoms with Crippen LogP contribution < -0.4 is 5.32 Å². The molecule has 3 heteroatoms. The normalized spacial score (nSPS) is 14.0. The van der Waals surface area contributed by atoms with E-state index in [0.29, 0.717) is 5.56 Å². The Hall–Kier alpha value is -1.19. The van der Waals surface area contributed by atoms with Gasteiger partial charge in [-0.25, -0.2) is 4.39 Å². The lowest BCUT2D eigenvalue weighted by molar-refractivity contribution is 0.443. The third-order valence-electron chi connectivity index (χ3n) is 3.50. The highest BCUT2D eigenvalue weighted by molar-refractivity contribution is 9.10. The molecule has 0 aliphatic rings. The fourth-order valence-corrected chi connectivity index (χ4v) is 2.63. The highest BCUT2D eigenvalue weighted by Gasteiger charge is 2.15. The Morgan fingerprint density at radius 2 is 1.75 bits per heavy atom. The van der Waals surface area contributed by atoms with Gasteiger partial charge >= 0.3 is 0 Å². The summed E-state index contributed by atoms with van der Waals surface area (Å²) in [4.78, 5) is 0. The largest absolute Gasteiger partial charge is 0.303 e. The van der Waals surface area contributed by atoms with Gasteiger partial charge in [-0.2, -0.15) is 0 Å². The fraction of sp³-hybridized carbons (Fsp3) is 0.294. The quantitative estimate of drug-likeness (QED) is 0.772. The lowest BCUT2D eigenvalue weighted by Gasteiger charge is -2.23. The Bertz CT molecular complexity index is 553. The number of hydrogen-bond donors (Lipinski definition) is 1. The van der Waals surface area contributed by atoms with Crippen LogP contribution in [-0.2, 0) is 0 Å². The summed E-state index contributed by atoms with van der Waals surface area (Å²) in [5.74, 6) is -0.154. The van der Waals surface area contributed by atoms with Gasteiger partial charge in [0.15, 0.2) is 0 Å². The minimum atomic E-state index is -0.154. The van der Waals surface area contributed by atoms with Crippen LogP contribution in [0.1, 0.15) is 43.5 Å². The number of halogens is 2. The highest BCUT2D eigenvalue weighted by atomic mass is 79.9. The molecule has 0 saturated carbocycles. The van der Waals surface area contributed by atoms with E-state index in [1.807, 2.05) is 31.2 Å². The van der Waals surface area contributed by atoms with Crippen molar-refractivity contribution >= 4 is 15.9 Å². The van der Waals surface area contributed by atoms with Gasteiger partial charge in [-0.15, -0.1) is 0 Å². The molecule has 20 heavy (non-hydrogen) atoms. The second-order valence-corrected chi connectivity index (χ2v) is 5.84. The lowest BCUT2D eigenvalue weighted by Crippen LogP contribution is -2.24. The summed E-state index contributed by atoms with van der Waals surface area (Å²) in [5, 5.41) is 3.50. The van der Waals surface area contributed by atoms with E-state index in [-0.39, 0.29) is 17.9 Å². The van der Waals surface area contributed by atoms with E-state index in [2.05, 4.69) is 40.3 Å². The maximum Gasteiger partial charge on any atom is 0.127 e. The number of rotatable bonds is 5. The molecule has 0 heterocycles. The second-order valence-electron chi connectivity index (χ2n) is 4.92. The van der Waals surface area contributed by atoms with Crippen molar-refractivity contribution in [1.82, 2.24) is 5.32 Å². The molecule has 0 radical (unpaired) electrons. The van der Waals surface area contributed by atoms with Crippen molar-refractivity contribution in [2.24, 2.45) is 0 Å². The zero-order valence-corrected chi connectivity index (χ0v) is 13.3. The van der Waals surface area contributed by atoms with Crippen LogP contribution >= 0.6 is 15.9 Å². The third-order valence-corrected chi connectivity index (χ3v) is 4.03. The first-order chi connectivity index (χ1) is 9.61. The molecule has 2 aromatic carbocycles. The molecule has 0 aromatic heterocycles. The molecule has 0 bridgehead atoms. The van der Waals surface area contributed by atoms with Crippen LogP contribution in [0.15, 0.2) is 53.0 Å². The minimum Gasteiger partial charge on any atom is -0.303 e. The van der Waals surface area contributed by atoms with Crippen LogP contribution in [0.4, 0.5) is 4.39 Å². The van der Waals surface area contributed by atoms with Gasteiger partial charge in [0.05, 0.1) is 0 Å². The first-order valence-electron chi connectivity index (χ1n) is 6.87. The first-order valence-corrected chi connectivity index (χ1v) is 7.67. The number of benzene rings is 2. The van der Waals surface area contributed by atoms with E-state index in [1.165, 1.54) is 11.6 Å². The van der Waals surface area contributed by atoms with E-state index in [0.717, 1.165) is 10.9 Å². The summed E-state index contributed by atoms with van der Waals surface area (Å²) in [5.41, 5.74) is 1.93. The molecular weight excluding hydrogens is 317 g/mol. The van der Waals surface area contributed by atoms with Crippen molar-refractivity contribution < 1.29 is 4.39 Å². The van der Waals surface area contributed by atoms with Gasteiger partial charge in [0, 0.05) is 22.1 Å². The van der Waals surface area contributed by atoms with Crippen molar-refractivity contribution in [2.45, 2.75) is 32.4 Å². The SMILES string of the molecule is CCC(NC(C)c1ccccc1F)c1ccc(Br)cc1. The Morgan fingerprint density at radius 3 is 2.35 bits per heavy atom. The van der Waals surface area contributed by atoms with Crippen LogP contribution in [0.5, 0.6) is 0 Å². The van der Waals surface area contributed by atoms with Crippen molar-refractivity contribution in [3.63, 3.8) is 0 Å². The van der Waals surface area contributed by atoms with Crippen LogP contribution in [0.25, 0.3) is 0 Å². The molecule has 0 saturated heterocycles. The van der Waals surface area contributed by atoms with E-state index >= 15 is 0 Å². The molecule has 0 spiro atoms. The van der Waals surface area contributed by atoms with Crippen LogP contribution in [0.3, 0.4) is 0 Å². The molecule has 0 aliphatic carbocycles. The van der Waals surface area contributed by atoms with Gasteiger partial charge < -0.3 is 5.32 Å². The monoisotopic (exact) mass is 335 g/mol. The Kier molecular flexibility index (Phi) is 5.32. The van der Waals surface area contributed by atoms with E-state index < -0.39 is 0 Å². The van der Waals surface area contributed by atoms with Crippen molar-refractivity contribution in [1.29, 1.82) is 0 Å². The molecule has 0 aliphatic heterocycles. The van der Waals surface area contributed by atoms with E-state index in [9.17, 15) is 4.39 Å². The zero-order valence-electron chi connectivity index (χ0n) is 11.7. The fourth-order valence-electron chi connectivity index (χ4n) is 2.36. The third kappa shape index (κ3) is 3.68. The standard InChI is InChI=1S/C17H19BrFN/c1-3-17(13-8-10-14(18)11-9-13)20-12(2)15-6-4-5-7-16(15)19/h4-12,17,20H,3H2,1-2H3. The van der Waals surface area contributed by atoms with Crippen molar-refractivity contribution in [2.75, 3.05) is 0 Å². The van der Waals surface area contributed by atoms with Gasteiger partial charge in [0.1, 0.15) is 5.82 Å². The van der Waals surface area contributed by atoms with Gasteiger partial charge in [-0.3, -0.25) is 0 Å². The molecule has 0 amide bonds. The molecule has 1 N–H and O–H groups in total. The maximum absolute atomic E-state index is 13.8. The lowest BCUT2D eigenvalue weighted by atomic mass is 10.0. The Labute approximate surface area is 128 Å². The number of hydrogen-bond acceptors (Lipinski definition) is 1. The van der Waals surface area contributed by atoms with Crippen LogP contribution in [0.2, 0.25) is 0 Å². The molecule has 106 valence electrons. The van der Waals surface area contributed by atoms with Crippen LogP contribution in [0, 0.1) is 5.82 Å². The predicted octanol–water partition coefficient (Wildman–Crippen LogP) is 5.39. The summed E-state index contributed by atoms with van der Waals surface area (Å²) in [6.45, 7) is 4.13.